The lowest BCUT2D eigenvalue weighted by atomic mass is 10.4. The number of hydrogen-bond donors (Lipinski definition) is 2. The van der Waals surface area contributed by atoms with Crippen LogP contribution in [0.3, 0.4) is 0 Å². The lowest BCUT2D eigenvalue weighted by molar-refractivity contribution is 0.0594. The van der Waals surface area contributed by atoms with E-state index in [9.17, 15) is 4.79 Å². The van der Waals surface area contributed by atoms with Gasteiger partial charge in [-0.3, -0.25) is 0 Å². The van der Waals surface area contributed by atoms with E-state index >= 15 is 0 Å². The minimum absolute atomic E-state index is 0.324. The van der Waals surface area contributed by atoms with Gasteiger partial charge < -0.3 is 15.0 Å². The molecule has 0 aliphatic carbocycles. The van der Waals surface area contributed by atoms with Crippen molar-refractivity contribution in [2.45, 2.75) is 19.9 Å². The highest BCUT2D eigenvalue weighted by Gasteiger charge is 2.07. The highest BCUT2D eigenvalue weighted by Crippen LogP contribution is 2.03. The predicted octanol–water partition coefficient (Wildman–Crippen LogP) is 2.03. The molecule has 0 radical (unpaired) electrons. The van der Waals surface area contributed by atoms with Crippen molar-refractivity contribution in [3.05, 3.63) is 23.5 Å². The summed E-state index contributed by atoms with van der Waals surface area (Å²) in [5.74, 6) is 2.05. The Morgan fingerprint density at radius 1 is 1.53 bits per heavy atom. The number of rotatable bonds is 8. The lowest BCUT2D eigenvalue weighted by Crippen LogP contribution is -2.15. The Kier molecular flexibility index (Phi) is 6.81. The number of methoxy groups -OCH3 is 1. The van der Waals surface area contributed by atoms with Gasteiger partial charge in [-0.1, -0.05) is 6.92 Å². The van der Waals surface area contributed by atoms with Gasteiger partial charge in [-0.05, 0) is 36.6 Å². The van der Waals surface area contributed by atoms with E-state index in [1.165, 1.54) is 25.0 Å². The van der Waals surface area contributed by atoms with Crippen LogP contribution in [0.5, 0.6) is 0 Å². The molecule has 0 aliphatic rings. The van der Waals surface area contributed by atoms with Crippen molar-refractivity contribution in [1.82, 2.24) is 10.3 Å². The van der Waals surface area contributed by atoms with Crippen molar-refractivity contribution in [2.24, 2.45) is 0 Å². The van der Waals surface area contributed by atoms with Crippen LogP contribution in [-0.4, -0.2) is 36.1 Å². The van der Waals surface area contributed by atoms with Crippen molar-refractivity contribution in [3.8, 4) is 0 Å². The predicted molar refractivity (Wildman–Crippen MR) is 71.5 cm³/mol. The molecule has 2 N–H and O–H groups in total. The maximum Gasteiger partial charge on any atom is 0.354 e. The smallest absolute Gasteiger partial charge is 0.354 e. The van der Waals surface area contributed by atoms with Crippen LogP contribution in [0.2, 0.25) is 0 Å². The molecule has 0 unspecified atom stereocenters. The van der Waals surface area contributed by atoms with E-state index < -0.39 is 0 Å². The van der Waals surface area contributed by atoms with E-state index in [0.29, 0.717) is 5.69 Å². The summed E-state index contributed by atoms with van der Waals surface area (Å²) < 4.78 is 4.63. The van der Waals surface area contributed by atoms with Crippen molar-refractivity contribution >= 4 is 17.7 Å². The number of ether oxygens (including phenoxy) is 1. The van der Waals surface area contributed by atoms with Crippen molar-refractivity contribution < 1.29 is 9.53 Å². The number of carbonyl (C=O) groups excluding carboxylic acids is 1. The van der Waals surface area contributed by atoms with Crippen LogP contribution in [0.4, 0.5) is 0 Å². The van der Waals surface area contributed by atoms with E-state index in [2.05, 4.69) is 22.0 Å². The first kappa shape index (κ1) is 14.1. The average molecular weight is 256 g/mol. The first-order chi connectivity index (χ1) is 8.27. The topological polar surface area (TPSA) is 54.1 Å². The highest BCUT2D eigenvalue weighted by molar-refractivity contribution is 7.99. The van der Waals surface area contributed by atoms with E-state index in [4.69, 9.17) is 0 Å². The highest BCUT2D eigenvalue weighted by atomic mass is 32.2. The number of aromatic nitrogens is 1. The zero-order chi connectivity index (χ0) is 12.5. The molecule has 0 aliphatic heterocycles. The molecule has 1 heterocycles. The third kappa shape index (κ3) is 5.28. The molecule has 0 spiro atoms. The van der Waals surface area contributed by atoms with E-state index in [1.54, 1.807) is 6.07 Å². The monoisotopic (exact) mass is 256 g/mol. The van der Waals surface area contributed by atoms with Gasteiger partial charge in [-0.2, -0.15) is 11.8 Å². The van der Waals surface area contributed by atoms with Crippen molar-refractivity contribution in [3.63, 3.8) is 0 Å². The molecule has 17 heavy (non-hydrogen) atoms. The van der Waals surface area contributed by atoms with Gasteiger partial charge in [-0.15, -0.1) is 0 Å². The number of aromatic amines is 1. The Morgan fingerprint density at radius 2 is 2.35 bits per heavy atom. The summed E-state index contributed by atoms with van der Waals surface area (Å²) >= 11 is 1.96. The third-order valence-electron chi connectivity index (χ3n) is 2.31. The van der Waals surface area contributed by atoms with Crippen LogP contribution in [0.15, 0.2) is 12.1 Å². The molecule has 5 heteroatoms. The second-order valence-corrected chi connectivity index (χ2v) is 5.01. The summed E-state index contributed by atoms with van der Waals surface area (Å²) in [5.41, 5.74) is 1.51. The second-order valence-electron chi connectivity index (χ2n) is 3.62. The number of nitrogens with one attached hydrogen (secondary N) is 2. The van der Waals surface area contributed by atoms with Gasteiger partial charge in [0.05, 0.1) is 7.11 Å². The van der Waals surface area contributed by atoms with E-state index in [1.807, 2.05) is 17.8 Å². The zero-order valence-electron chi connectivity index (χ0n) is 10.4. The minimum atomic E-state index is -0.324. The number of hydrogen-bond acceptors (Lipinski definition) is 4. The fraction of sp³-hybridized carbons (Fsp3) is 0.583. The molecule has 0 saturated heterocycles. The zero-order valence-corrected chi connectivity index (χ0v) is 11.2. The average Bonchev–Trinajstić information content (AvgIpc) is 2.81. The number of esters is 1. The van der Waals surface area contributed by atoms with Crippen LogP contribution in [-0.2, 0) is 11.3 Å². The number of thioether (sulfide) groups is 1. The molecule has 1 aromatic rings. The van der Waals surface area contributed by atoms with E-state index in [0.717, 1.165) is 18.8 Å². The van der Waals surface area contributed by atoms with Crippen LogP contribution < -0.4 is 5.32 Å². The molecule has 0 atom stereocenters. The molecule has 0 amide bonds. The molecule has 1 aromatic heterocycles. The third-order valence-corrected chi connectivity index (χ3v) is 3.30. The Hall–Kier alpha value is -0.940. The lowest BCUT2D eigenvalue weighted by Gasteiger charge is -2.02. The molecule has 0 bridgehead atoms. The largest absolute Gasteiger partial charge is 0.464 e. The molecular formula is C12H20N2O2S. The molecule has 0 saturated carbocycles. The summed E-state index contributed by atoms with van der Waals surface area (Å²) in [4.78, 5) is 14.2. The standard InChI is InChI=1S/C12H20N2O2S/c1-3-17-8-4-7-13-9-10-5-6-11(14-10)12(15)16-2/h5-6,13-14H,3-4,7-9H2,1-2H3. The van der Waals surface area contributed by atoms with Crippen molar-refractivity contribution in [2.75, 3.05) is 25.2 Å². The first-order valence-electron chi connectivity index (χ1n) is 5.82. The molecular weight excluding hydrogens is 236 g/mol. The van der Waals surface area contributed by atoms with Gasteiger partial charge in [0, 0.05) is 12.2 Å². The summed E-state index contributed by atoms with van der Waals surface area (Å²) in [7, 11) is 1.38. The van der Waals surface area contributed by atoms with Gasteiger partial charge in [-0.25, -0.2) is 4.79 Å². The Labute approximate surface area is 107 Å². The molecule has 0 aromatic carbocycles. The Bertz CT molecular complexity index is 339. The van der Waals surface area contributed by atoms with E-state index in [-0.39, 0.29) is 5.97 Å². The minimum Gasteiger partial charge on any atom is -0.464 e. The van der Waals surface area contributed by atoms with Gasteiger partial charge >= 0.3 is 5.97 Å². The summed E-state index contributed by atoms with van der Waals surface area (Å²) in [6, 6.07) is 3.65. The van der Waals surface area contributed by atoms with Gasteiger partial charge in [0.2, 0.25) is 0 Å². The van der Waals surface area contributed by atoms with Gasteiger partial charge in [0.25, 0.3) is 0 Å². The molecule has 0 fully saturated rings. The number of H-pyrrole nitrogens is 1. The maximum atomic E-state index is 11.2. The SMILES string of the molecule is CCSCCCNCc1ccc(C(=O)OC)[nH]1. The van der Waals surface area contributed by atoms with Crippen LogP contribution in [0.1, 0.15) is 29.5 Å². The summed E-state index contributed by atoms with van der Waals surface area (Å²) in [5, 5.41) is 3.33. The van der Waals surface area contributed by atoms with Crippen LogP contribution >= 0.6 is 11.8 Å². The molecule has 96 valence electrons. The van der Waals surface area contributed by atoms with Crippen LogP contribution in [0, 0.1) is 0 Å². The van der Waals surface area contributed by atoms with Crippen molar-refractivity contribution in [1.29, 1.82) is 0 Å². The van der Waals surface area contributed by atoms with Crippen LogP contribution in [0.25, 0.3) is 0 Å². The Balaban J connectivity index is 2.19. The summed E-state index contributed by atoms with van der Waals surface area (Å²) in [6.45, 7) is 3.93. The fourth-order valence-electron chi connectivity index (χ4n) is 1.44. The molecule has 1 rings (SSSR count). The molecule has 4 nitrogen and oxygen atoms in total. The summed E-state index contributed by atoms with van der Waals surface area (Å²) in [6.07, 6.45) is 1.17. The maximum absolute atomic E-state index is 11.2. The number of carbonyl (C=O) groups is 1. The Morgan fingerprint density at radius 3 is 3.06 bits per heavy atom. The first-order valence-corrected chi connectivity index (χ1v) is 6.98. The quantitative estimate of drug-likeness (QED) is 0.552. The van der Waals surface area contributed by atoms with Gasteiger partial charge in [0.1, 0.15) is 5.69 Å². The fourth-order valence-corrected chi connectivity index (χ4v) is 2.08. The van der Waals surface area contributed by atoms with Gasteiger partial charge in [0.15, 0.2) is 0 Å². The normalized spacial score (nSPS) is 10.5. The second kappa shape index (κ2) is 8.20.